The Balaban J connectivity index is 2.03. The molecule has 5 nitrogen and oxygen atoms in total. The highest BCUT2D eigenvalue weighted by atomic mass is 35.5. The number of anilines is 1. The molecule has 1 fully saturated rings. The van der Waals surface area contributed by atoms with Gasteiger partial charge in [0.1, 0.15) is 17.3 Å². The highest BCUT2D eigenvalue weighted by Crippen LogP contribution is 2.45. The number of carbonyl (C=O) groups is 2. The number of hydrogen-bond acceptors (Lipinski definition) is 4. The van der Waals surface area contributed by atoms with Gasteiger partial charge in [-0.3, -0.25) is 14.5 Å². The van der Waals surface area contributed by atoms with Crippen molar-refractivity contribution in [3.8, 4) is 5.75 Å². The van der Waals surface area contributed by atoms with E-state index in [9.17, 15) is 19.1 Å². The predicted molar refractivity (Wildman–Crippen MR) is 126 cm³/mol. The Labute approximate surface area is 203 Å². The third kappa shape index (κ3) is 4.06. The van der Waals surface area contributed by atoms with Crippen LogP contribution in [0, 0.1) is 5.82 Å². The molecule has 1 amide bonds. The van der Waals surface area contributed by atoms with Crippen LogP contribution in [0.1, 0.15) is 17.2 Å². The lowest BCUT2D eigenvalue weighted by Gasteiger charge is -2.26. The van der Waals surface area contributed by atoms with Crippen molar-refractivity contribution in [2.45, 2.75) is 6.04 Å². The van der Waals surface area contributed by atoms with E-state index in [1.807, 2.05) is 0 Å². The van der Waals surface area contributed by atoms with Crippen LogP contribution in [0.25, 0.3) is 5.76 Å². The molecule has 33 heavy (non-hydrogen) atoms. The molecule has 1 N–H and O–H groups in total. The van der Waals surface area contributed by atoms with E-state index in [1.165, 1.54) is 61.7 Å². The van der Waals surface area contributed by atoms with E-state index < -0.39 is 29.3 Å². The SMILES string of the molecule is COc1c(Cl)cc(Cl)cc1/C(O)=C1\C(=O)C(=O)N(c2ccc(Cl)cc2)C1c1ccccc1F. The number of nitrogens with zero attached hydrogens (tertiary/aromatic N) is 1. The first-order valence-corrected chi connectivity index (χ1v) is 10.7. The van der Waals surface area contributed by atoms with E-state index in [0.717, 1.165) is 4.90 Å². The highest BCUT2D eigenvalue weighted by molar-refractivity contribution is 6.52. The van der Waals surface area contributed by atoms with Gasteiger partial charge in [0.05, 0.1) is 29.3 Å². The molecule has 168 valence electrons. The van der Waals surface area contributed by atoms with Crippen molar-refractivity contribution in [2.75, 3.05) is 12.0 Å². The second-order valence-electron chi connectivity index (χ2n) is 7.14. The van der Waals surface area contributed by atoms with Crippen LogP contribution in [0.5, 0.6) is 5.75 Å². The van der Waals surface area contributed by atoms with Crippen LogP contribution >= 0.6 is 34.8 Å². The van der Waals surface area contributed by atoms with E-state index in [4.69, 9.17) is 39.5 Å². The molecule has 0 aromatic heterocycles. The molecule has 1 aliphatic rings. The Morgan fingerprint density at radius 2 is 1.67 bits per heavy atom. The maximum atomic E-state index is 14.9. The quantitative estimate of drug-likeness (QED) is 0.252. The number of amides is 1. The fourth-order valence-corrected chi connectivity index (χ4v) is 4.48. The lowest BCUT2D eigenvalue weighted by Crippen LogP contribution is -2.29. The summed E-state index contributed by atoms with van der Waals surface area (Å²) in [6.45, 7) is 0. The van der Waals surface area contributed by atoms with Gasteiger partial charge in [0.2, 0.25) is 0 Å². The van der Waals surface area contributed by atoms with Crippen molar-refractivity contribution in [3.05, 3.63) is 98.2 Å². The average molecular weight is 507 g/mol. The van der Waals surface area contributed by atoms with Gasteiger partial charge in [0.15, 0.2) is 0 Å². The van der Waals surface area contributed by atoms with E-state index >= 15 is 0 Å². The number of ketones is 1. The lowest BCUT2D eigenvalue weighted by molar-refractivity contribution is -0.132. The topological polar surface area (TPSA) is 66.8 Å². The zero-order valence-electron chi connectivity index (χ0n) is 17.0. The molecule has 9 heteroatoms. The van der Waals surface area contributed by atoms with Gasteiger partial charge in [0, 0.05) is 21.3 Å². The Hall–Kier alpha value is -3.06. The summed E-state index contributed by atoms with van der Waals surface area (Å²) < 4.78 is 20.2. The van der Waals surface area contributed by atoms with Gasteiger partial charge in [-0.25, -0.2) is 4.39 Å². The van der Waals surface area contributed by atoms with Gasteiger partial charge in [-0.1, -0.05) is 53.0 Å². The molecule has 0 aliphatic carbocycles. The van der Waals surface area contributed by atoms with Crippen molar-refractivity contribution < 1.29 is 23.8 Å². The van der Waals surface area contributed by atoms with Gasteiger partial charge < -0.3 is 9.84 Å². The zero-order chi connectivity index (χ0) is 23.9. The van der Waals surface area contributed by atoms with Gasteiger partial charge in [-0.2, -0.15) is 0 Å². The summed E-state index contributed by atoms with van der Waals surface area (Å²) in [7, 11) is 1.33. The maximum absolute atomic E-state index is 14.9. The predicted octanol–water partition coefficient (Wildman–Crippen LogP) is 6.42. The molecule has 3 aromatic rings. The smallest absolute Gasteiger partial charge is 0.300 e. The minimum atomic E-state index is -1.27. The number of aliphatic hydroxyl groups is 1. The molecule has 1 heterocycles. The largest absolute Gasteiger partial charge is 0.507 e. The molecular weight excluding hydrogens is 492 g/mol. The summed E-state index contributed by atoms with van der Waals surface area (Å²) in [6, 6.07) is 13.3. The summed E-state index contributed by atoms with van der Waals surface area (Å²) in [5.74, 6) is -3.17. The van der Waals surface area contributed by atoms with E-state index in [1.54, 1.807) is 6.07 Å². The number of benzene rings is 3. The summed E-state index contributed by atoms with van der Waals surface area (Å²) >= 11 is 18.3. The Morgan fingerprint density at radius 1 is 1.00 bits per heavy atom. The third-order valence-corrected chi connectivity index (χ3v) is 5.97. The molecule has 1 aliphatic heterocycles. The molecular formula is C24H15Cl3FNO4. The van der Waals surface area contributed by atoms with Crippen molar-refractivity contribution in [2.24, 2.45) is 0 Å². The van der Waals surface area contributed by atoms with Gasteiger partial charge in [0.25, 0.3) is 11.7 Å². The average Bonchev–Trinajstić information content (AvgIpc) is 3.04. The Kier molecular flexibility index (Phi) is 6.34. The minimum Gasteiger partial charge on any atom is -0.507 e. The molecule has 0 spiro atoms. The van der Waals surface area contributed by atoms with Crippen LogP contribution in [0.3, 0.4) is 0 Å². The summed E-state index contributed by atoms with van der Waals surface area (Å²) in [5, 5.41) is 11.9. The lowest BCUT2D eigenvalue weighted by atomic mass is 9.94. The van der Waals surface area contributed by atoms with Crippen LogP contribution in [0.2, 0.25) is 15.1 Å². The number of methoxy groups -OCH3 is 1. The number of Topliss-reactive ketones (excluding diaryl/α,β-unsaturated/α-hetero) is 1. The van der Waals surface area contributed by atoms with Crippen LogP contribution < -0.4 is 9.64 Å². The first-order chi connectivity index (χ1) is 15.7. The molecule has 0 saturated carbocycles. The van der Waals surface area contributed by atoms with Gasteiger partial charge in [-0.05, 0) is 42.5 Å². The molecule has 0 radical (unpaired) electrons. The fraction of sp³-hybridized carbons (Fsp3) is 0.0833. The van der Waals surface area contributed by atoms with Crippen molar-refractivity contribution >= 4 is 57.9 Å². The number of ether oxygens (including phenoxy) is 1. The monoisotopic (exact) mass is 505 g/mol. The summed E-state index contributed by atoms with van der Waals surface area (Å²) in [6.07, 6.45) is 0. The third-order valence-electron chi connectivity index (χ3n) is 5.22. The van der Waals surface area contributed by atoms with Crippen molar-refractivity contribution in [1.82, 2.24) is 0 Å². The number of rotatable bonds is 4. The van der Waals surface area contributed by atoms with Crippen LogP contribution in [-0.2, 0) is 9.59 Å². The van der Waals surface area contributed by atoms with Crippen molar-refractivity contribution in [1.29, 1.82) is 0 Å². The Bertz CT molecular complexity index is 1310. The first-order valence-electron chi connectivity index (χ1n) is 9.59. The molecule has 4 rings (SSSR count). The van der Waals surface area contributed by atoms with E-state index in [-0.39, 0.29) is 32.5 Å². The maximum Gasteiger partial charge on any atom is 0.300 e. The summed E-state index contributed by atoms with van der Waals surface area (Å²) in [4.78, 5) is 27.4. The molecule has 3 aromatic carbocycles. The minimum absolute atomic E-state index is 0.00885. The first kappa shape index (κ1) is 23.1. The van der Waals surface area contributed by atoms with Gasteiger partial charge >= 0.3 is 0 Å². The fourth-order valence-electron chi connectivity index (χ4n) is 3.78. The van der Waals surface area contributed by atoms with E-state index in [2.05, 4.69) is 0 Å². The highest BCUT2D eigenvalue weighted by Gasteiger charge is 2.48. The number of halogens is 4. The zero-order valence-corrected chi connectivity index (χ0v) is 19.2. The number of carbonyl (C=O) groups excluding carboxylic acids is 2. The van der Waals surface area contributed by atoms with Crippen LogP contribution in [-0.4, -0.2) is 23.9 Å². The normalized spacial score (nSPS) is 17.5. The second-order valence-corrected chi connectivity index (χ2v) is 8.42. The molecule has 0 bridgehead atoms. The Morgan fingerprint density at radius 3 is 2.30 bits per heavy atom. The van der Waals surface area contributed by atoms with E-state index in [0.29, 0.717) is 10.7 Å². The standard InChI is InChI=1S/C24H15Cl3FNO4/c1-33-23-16(10-13(26)11-17(23)27)21(30)19-20(15-4-2-3-5-18(15)28)29(24(32)22(19)31)14-8-6-12(25)7-9-14/h2-11,20,30H,1H3/b21-19+. The van der Waals surface area contributed by atoms with Crippen LogP contribution in [0.15, 0.2) is 66.2 Å². The van der Waals surface area contributed by atoms with Gasteiger partial charge in [-0.15, -0.1) is 0 Å². The second kappa shape index (κ2) is 9.06. The molecule has 1 unspecified atom stereocenters. The van der Waals surface area contributed by atoms with Crippen molar-refractivity contribution in [3.63, 3.8) is 0 Å². The molecule has 1 saturated heterocycles. The van der Waals surface area contributed by atoms with Crippen LogP contribution in [0.4, 0.5) is 10.1 Å². The number of hydrogen-bond donors (Lipinski definition) is 1. The number of aliphatic hydroxyl groups excluding tert-OH is 1. The summed E-state index contributed by atoms with van der Waals surface area (Å²) in [5.41, 5.74) is -0.0349. The molecule has 1 atom stereocenters.